The highest BCUT2D eigenvalue weighted by Crippen LogP contribution is 2.30. The maximum absolute atomic E-state index is 12.4. The normalized spacial score (nSPS) is 11.5. The van der Waals surface area contributed by atoms with Crippen molar-refractivity contribution in [1.82, 2.24) is 19.1 Å². The van der Waals surface area contributed by atoms with E-state index in [0.717, 1.165) is 36.7 Å². The van der Waals surface area contributed by atoms with Crippen LogP contribution in [0.3, 0.4) is 0 Å². The first-order chi connectivity index (χ1) is 16.6. The SMILES string of the molecule is CC(C)COc1ccc(-n2ccnc2)cc1.CC(C)Cn1cnc(-c2ccc(C(F)(F)F)cc2)c1. The lowest BCUT2D eigenvalue weighted by molar-refractivity contribution is -0.137. The first kappa shape index (κ1) is 26.1. The molecule has 0 saturated carbocycles. The number of hydrogen-bond donors (Lipinski definition) is 0. The molecule has 0 aliphatic heterocycles. The molecule has 2 aromatic carbocycles. The molecule has 0 spiro atoms. The highest BCUT2D eigenvalue weighted by Gasteiger charge is 2.30. The highest BCUT2D eigenvalue weighted by atomic mass is 19.4. The van der Waals surface area contributed by atoms with Crippen molar-refractivity contribution >= 4 is 0 Å². The van der Waals surface area contributed by atoms with Gasteiger partial charge in [0.15, 0.2) is 0 Å². The summed E-state index contributed by atoms with van der Waals surface area (Å²) in [5, 5.41) is 0. The van der Waals surface area contributed by atoms with Gasteiger partial charge in [-0.15, -0.1) is 0 Å². The molecule has 5 nitrogen and oxygen atoms in total. The number of benzene rings is 2. The molecule has 8 heteroatoms. The Morgan fingerprint density at radius 2 is 1.57 bits per heavy atom. The second-order valence-electron chi connectivity index (χ2n) is 9.09. The molecule has 0 aliphatic carbocycles. The molecule has 2 heterocycles. The first-order valence-corrected chi connectivity index (χ1v) is 11.5. The molecule has 0 N–H and O–H groups in total. The third-order valence-electron chi connectivity index (χ3n) is 4.94. The maximum atomic E-state index is 12.4. The highest BCUT2D eigenvalue weighted by molar-refractivity contribution is 5.58. The van der Waals surface area contributed by atoms with Gasteiger partial charge in [-0.25, -0.2) is 9.97 Å². The average molecular weight is 485 g/mol. The van der Waals surface area contributed by atoms with Crippen molar-refractivity contribution in [3.8, 4) is 22.7 Å². The molecule has 0 radical (unpaired) electrons. The second kappa shape index (κ2) is 11.7. The second-order valence-corrected chi connectivity index (χ2v) is 9.09. The topological polar surface area (TPSA) is 44.9 Å². The Bertz CT molecular complexity index is 1150. The van der Waals surface area contributed by atoms with Crippen LogP contribution in [-0.4, -0.2) is 25.7 Å². The van der Waals surface area contributed by atoms with E-state index in [-0.39, 0.29) is 0 Å². The van der Waals surface area contributed by atoms with Crippen LogP contribution in [0.2, 0.25) is 0 Å². The molecule has 4 aromatic rings. The maximum Gasteiger partial charge on any atom is 0.416 e. The van der Waals surface area contributed by atoms with Crippen molar-refractivity contribution in [2.45, 2.75) is 40.4 Å². The smallest absolute Gasteiger partial charge is 0.416 e. The van der Waals surface area contributed by atoms with E-state index < -0.39 is 11.7 Å². The van der Waals surface area contributed by atoms with E-state index in [9.17, 15) is 13.2 Å². The zero-order chi connectivity index (χ0) is 25.4. The number of nitrogens with zero attached hydrogens (tertiary/aromatic N) is 4. The molecule has 2 aromatic heterocycles. The van der Waals surface area contributed by atoms with Gasteiger partial charge in [-0.3, -0.25) is 0 Å². The Morgan fingerprint density at radius 3 is 2.11 bits per heavy atom. The van der Waals surface area contributed by atoms with Gasteiger partial charge < -0.3 is 13.9 Å². The molecule has 0 unspecified atom stereocenters. The van der Waals surface area contributed by atoms with Crippen LogP contribution in [0.1, 0.15) is 33.3 Å². The van der Waals surface area contributed by atoms with Crippen LogP contribution >= 0.6 is 0 Å². The van der Waals surface area contributed by atoms with Gasteiger partial charge in [0, 0.05) is 36.4 Å². The lowest BCUT2D eigenvalue weighted by Gasteiger charge is -2.09. The van der Waals surface area contributed by atoms with Gasteiger partial charge in [0.05, 0.1) is 30.5 Å². The fourth-order valence-corrected chi connectivity index (χ4v) is 3.25. The lowest BCUT2D eigenvalue weighted by atomic mass is 10.1. The summed E-state index contributed by atoms with van der Waals surface area (Å²) in [5.41, 5.74) is 1.83. The molecule has 35 heavy (non-hydrogen) atoms. The Kier molecular flexibility index (Phi) is 8.73. The molecule has 0 fully saturated rings. The van der Waals surface area contributed by atoms with Crippen LogP contribution in [0.4, 0.5) is 13.2 Å². The van der Waals surface area contributed by atoms with Crippen molar-refractivity contribution in [3.05, 3.63) is 85.3 Å². The van der Waals surface area contributed by atoms with E-state index in [4.69, 9.17) is 4.74 Å². The summed E-state index contributed by atoms with van der Waals surface area (Å²) in [7, 11) is 0. The van der Waals surface area contributed by atoms with E-state index in [0.29, 0.717) is 23.1 Å². The van der Waals surface area contributed by atoms with E-state index in [1.54, 1.807) is 18.9 Å². The Morgan fingerprint density at radius 1 is 0.886 bits per heavy atom. The minimum absolute atomic E-state index is 0.495. The van der Waals surface area contributed by atoms with Gasteiger partial charge in [-0.2, -0.15) is 13.2 Å². The summed E-state index contributed by atoms with van der Waals surface area (Å²) in [5.74, 6) is 1.96. The standard InChI is InChI=1S/C14H15F3N2.C13H16N2O/c1-10(2)7-19-8-13(18-9-19)11-3-5-12(6-4-11)14(15,16)17;1-11(2)9-16-13-5-3-12(4-6-13)15-8-7-14-10-15/h3-6,8-10H,7H2,1-2H3;3-8,10-11H,9H2,1-2H3. The van der Waals surface area contributed by atoms with Crippen LogP contribution in [0, 0.1) is 11.8 Å². The third kappa shape index (κ3) is 8.02. The number of halogens is 3. The first-order valence-electron chi connectivity index (χ1n) is 11.5. The van der Waals surface area contributed by atoms with E-state index in [1.807, 2.05) is 45.8 Å². The number of imidazole rings is 2. The number of ether oxygens (including phenoxy) is 1. The van der Waals surface area contributed by atoms with Crippen LogP contribution in [0.25, 0.3) is 16.9 Å². The Hall–Kier alpha value is -3.55. The quantitative estimate of drug-likeness (QED) is 0.280. The van der Waals surface area contributed by atoms with Crippen molar-refractivity contribution in [2.75, 3.05) is 6.61 Å². The predicted octanol–water partition coefficient (Wildman–Crippen LogP) is 7.13. The largest absolute Gasteiger partial charge is 0.493 e. The molecule has 0 atom stereocenters. The predicted molar refractivity (Wildman–Crippen MR) is 131 cm³/mol. The lowest BCUT2D eigenvalue weighted by Crippen LogP contribution is -2.04. The fraction of sp³-hybridized carbons (Fsp3) is 0.333. The molecule has 186 valence electrons. The summed E-state index contributed by atoms with van der Waals surface area (Å²) in [4.78, 5) is 8.23. The Labute approximate surface area is 204 Å². The van der Waals surface area contributed by atoms with Crippen molar-refractivity contribution in [3.63, 3.8) is 0 Å². The molecular weight excluding hydrogens is 453 g/mol. The summed E-state index contributed by atoms with van der Waals surface area (Å²) in [6.07, 6.45) is 4.72. The molecule has 0 amide bonds. The summed E-state index contributed by atoms with van der Waals surface area (Å²) < 4.78 is 46.9. The molecule has 0 aliphatic rings. The number of rotatable bonds is 7. The molecule has 0 bridgehead atoms. The van der Waals surface area contributed by atoms with Crippen molar-refractivity contribution in [1.29, 1.82) is 0 Å². The summed E-state index contributed by atoms with van der Waals surface area (Å²) in [6.45, 7) is 10.1. The number of hydrogen-bond acceptors (Lipinski definition) is 3. The third-order valence-corrected chi connectivity index (χ3v) is 4.94. The van der Waals surface area contributed by atoms with Crippen LogP contribution < -0.4 is 4.74 Å². The fourth-order valence-electron chi connectivity index (χ4n) is 3.25. The number of aromatic nitrogens is 4. The van der Waals surface area contributed by atoms with Crippen molar-refractivity contribution < 1.29 is 17.9 Å². The zero-order valence-corrected chi connectivity index (χ0v) is 20.4. The summed E-state index contributed by atoms with van der Waals surface area (Å²) >= 11 is 0. The molecule has 4 rings (SSSR count). The van der Waals surface area contributed by atoms with E-state index >= 15 is 0 Å². The minimum atomic E-state index is -4.30. The molecular formula is C27H31F3N4O. The average Bonchev–Trinajstić information content (AvgIpc) is 3.50. The van der Waals surface area contributed by atoms with Crippen LogP contribution in [0.15, 0.2) is 79.8 Å². The van der Waals surface area contributed by atoms with E-state index in [2.05, 4.69) is 37.7 Å². The van der Waals surface area contributed by atoms with Gasteiger partial charge in [0.25, 0.3) is 0 Å². The van der Waals surface area contributed by atoms with Crippen LogP contribution in [0.5, 0.6) is 5.75 Å². The van der Waals surface area contributed by atoms with Gasteiger partial charge in [0.2, 0.25) is 0 Å². The Balaban J connectivity index is 0.000000198. The van der Waals surface area contributed by atoms with Gasteiger partial charge in [-0.05, 0) is 48.2 Å². The zero-order valence-electron chi connectivity index (χ0n) is 20.4. The number of alkyl halides is 3. The van der Waals surface area contributed by atoms with Gasteiger partial charge >= 0.3 is 6.18 Å². The monoisotopic (exact) mass is 484 g/mol. The minimum Gasteiger partial charge on any atom is -0.493 e. The van der Waals surface area contributed by atoms with Gasteiger partial charge in [-0.1, -0.05) is 39.8 Å². The molecule has 0 saturated heterocycles. The van der Waals surface area contributed by atoms with E-state index in [1.165, 1.54) is 12.1 Å². The van der Waals surface area contributed by atoms with Crippen molar-refractivity contribution in [2.24, 2.45) is 11.8 Å². The van der Waals surface area contributed by atoms with Gasteiger partial charge in [0.1, 0.15) is 5.75 Å². The van der Waals surface area contributed by atoms with Crippen LogP contribution in [-0.2, 0) is 12.7 Å². The summed E-state index contributed by atoms with van der Waals surface area (Å²) in [6, 6.07) is 13.1.